The molecule has 0 aliphatic rings. The van der Waals surface area contributed by atoms with Crippen LogP contribution in [0.3, 0.4) is 0 Å². The van der Waals surface area contributed by atoms with E-state index < -0.39 is 5.97 Å². The van der Waals surface area contributed by atoms with Crippen LogP contribution in [0.5, 0.6) is 0 Å². The molecular weight excluding hydrogens is 232 g/mol. The van der Waals surface area contributed by atoms with Gasteiger partial charge >= 0.3 is 5.97 Å². The fourth-order valence-corrected chi connectivity index (χ4v) is 1.67. The van der Waals surface area contributed by atoms with Crippen LogP contribution in [-0.2, 0) is 4.74 Å². The van der Waals surface area contributed by atoms with Crippen LogP contribution in [0.4, 0.5) is 0 Å². The molecule has 6 nitrogen and oxygen atoms in total. The summed E-state index contributed by atoms with van der Waals surface area (Å²) >= 11 is 0. The lowest BCUT2D eigenvalue weighted by atomic mass is 10.2. The van der Waals surface area contributed by atoms with E-state index in [1.165, 1.54) is 19.6 Å². The Hall–Kier alpha value is -2.24. The number of nitrogens with zero attached hydrogens (tertiary/aromatic N) is 4. The molecule has 0 aromatic carbocycles. The summed E-state index contributed by atoms with van der Waals surface area (Å²) in [6.45, 7) is 5.82. The van der Waals surface area contributed by atoms with E-state index in [0.717, 1.165) is 17.0 Å². The van der Waals surface area contributed by atoms with Crippen molar-refractivity contribution in [2.24, 2.45) is 0 Å². The summed E-state index contributed by atoms with van der Waals surface area (Å²) in [6, 6.07) is 0. The minimum atomic E-state index is -0.476. The van der Waals surface area contributed by atoms with Gasteiger partial charge in [-0.25, -0.2) is 19.4 Å². The molecule has 2 aromatic heterocycles. The summed E-state index contributed by atoms with van der Waals surface area (Å²) < 4.78 is 6.35. The number of carbonyl (C=O) groups excluding carboxylic acids is 1. The van der Waals surface area contributed by atoms with Crippen LogP contribution in [0, 0.1) is 20.8 Å². The largest absolute Gasteiger partial charge is 0.465 e. The van der Waals surface area contributed by atoms with Crippen LogP contribution in [0.2, 0.25) is 0 Å². The third-order valence-corrected chi connectivity index (χ3v) is 2.95. The zero-order valence-corrected chi connectivity index (χ0v) is 10.8. The van der Waals surface area contributed by atoms with Crippen molar-refractivity contribution >= 4 is 5.97 Å². The highest BCUT2D eigenvalue weighted by atomic mass is 16.5. The Morgan fingerprint density at radius 1 is 1.33 bits per heavy atom. The van der Waals surface area contributed by atoms with Crippen molar-refractivity contribution in [1.82, 2.24) is 19.7 Å². The normalized spacial score (nSPS) is 10.4. The highest BCUT2D eigenvalue weighted by Gasteiger charge is 2.18. The maximum Gasteiger partial charge on any atom is 0.343 e. The number of aromatic nitrogens is 4. The Balaban J connectivity index is 2.64. The van der Waals surface area contributed by atoms with Crippen molar-refractivity contribution in [3.05, 3.63) is 35.0 Å². The highest BCUT2D eigenvalue weighted by molar-refractivity contribution is 5.92. The lowest BCUT2D eigenvalue weighted by Gasteiger charge is -2.07. The molecule has 0 saturated carbocycles. The standard InChI is InChI=1S/C12H14N4O2/c1-7-8(2)15-16(9(7)3)11-10(12(17)18-4)5-13-6-14-11/h5-6H,1-4H3. The number of carbonyl (C=O) groups is 1. The van der Waals surface area contributed by atoms with Crippen molar-refractivity contribution in [1.29, 1.82) is 0 Å². The van der Waals surface area contributed by atoms with Crippen LogP contribution >= 0.6 is 0 Å². The quantitative estimate of drug-likeness (QED) is 0.748. The van der Waals surface area contributed by atoms with Crippen molar-refractivity contribution in [2.45, 2.75) is 20.8 Å². The number of aryl methyl sites for hydroxylation is 1. The van der Waals surface area contributed by atoms with Crippen LogP contribution < -0.4 is 0 Å². The first kappa shape index (κ1) is 12.2. The molecule has 2 heterocycles. The van der Waals surface area contributed by atoms with Gasteiger partial charge in [0.2, 0.25) is 0 Å². The topological polar surface area (TPSA) is 69.9 Å². The summed E-state index contributed by atoms with van der Waals surface area (Å²) in [5.74, 6) is -0.0404. The van der Waals surface area contributed by atoms with Gasteiger partial charge in [-0.1, -0.05) is 0 Å². The molecule has 6 heteroatoms. The van der Waals surface area contributed by atoms with E-state index in [-0.39, 0.29) is 0 Å². The zero-order chi connectivity index (χ0) is 13.3. The van der Waals surface area contributed by atoms with Gasteiger partial charge in [-0.15, -0.1) is 0 Å². The Labute approximate surface area is 105 Å². The lowest BCUT2D eigenvalue weighted by Crippen LogP contribution is -2.12. The maximum absolute atomic E-state index is 11.7. The van der Waals surface area contributed by atoms with Gasteiger partial charge in [0.15, 0.2) is 5.82 Å². The van der Waals surface area contributed by atoms with Crippen molar-refractivity contribution in [2.75, 3.05) is 7.11 Å². The molecule has 18 heavy (non-hydrogen) atoms. The summed E-state index contributed by atoms with van der Waals surface area (Å²) in [6.07, 6.45) is 2.81. The Bertz CT molecular complexity index is 604. The molecule has 0 spiro atoms. The molecular formula is C12H14N4O2. The molecule has 0 saturated heterocycles. The molecule has 0 amide bonds. The molecule has 0 N–H and O–H groups in total. The van der Waals surface area contributed by atoms with E-state index in [1.54, 1.807) is 4.68 Å². The summed E-state index contributed by atoms with van der Waals surface area (Å²) in [4.78, 5) is 19.6. The van der Waals surface area contributed by atoms with E-state index in [1.807, 2.05) is 20.8 Å². The molecule has 0 radical (unpaired) electrons. The molecule has 0 atom stereocenters. The van der Waals surface area contributed by atoms with Gasteiger partial charge < -0.3 is 4.74 Å². The lowest BCUT2D eigenvalue weighted by molar-refractivity contribution is 0.0599. The number of hydrogen-bond donors (Lipinski definition) is 0. The maximum atomic E-state index is 11.7. The van der Waals surface area contributed by atoms with E-state index in [0.29, 0.717) is 11.4 Å². The Morgan fingerprint density at radius 3 is 2.61 bits per heavy atom. The van der Waals surface area contributed by atoms with Crippen LogP contribution in [0.25, 0.3) is 5.82 Å². The van der Waals surface area contributed by atoms with Crippen LogP contribution in [0.15, 0.2) is 12.5 Å². The van der Waals surface area contributed by atoms with E-state index in [9.17, 15) is 4.79 Å². The second kappa shape index (κ2) is 4.56. The van der Waals surface area contributed by atoms with E-state index >= 15 is 0 Å². The summed E-state index contributed by atoms with van der Waals surface area (Å²) in [7, 11) is 1.32. The summed E-state index contributed by atoms with van der Waals surface area (Å²) in [5.41, 5.74) is 3.22. The highest BCUT2D eigenvalue weighted by Crippen LogP contribution is 2.18. The minimum Gasteiger partial charge on any atom is -0.465 e. The first-order valence-electron chi connectivity index (χ1n) is 5.47. The molecule has 2 aromatic rings. The molecule has 0 unspecified atom stereocenters. The zero-order valence-electron chi connectivity index (χ0n) is 10.8. The van der Waals surface area contributed by atoms with Gasteiger partial charge in [0.05, 0.1) is 12.8 Å². The molecule has 0 aliphatic heterocycles. The van der Waals surface area contributed by atoms with Crippen LogP contribution in [0.1, 0.15) is 27.3 Å². The second-order valence-electron chi connectivity index (χ2n) is 3.96. The Kier molecular flexibility index (Phi) is 3.10. The molecule has 94 valence electrons. The van der Waals surface area contributed by atoms with Crippen molar-refractivity contribution in [3.8, 4) is 5.82 Å². The van der Waals surface area contributed by atoms with Gasteiger partial charge in [-0.2, -0.15) is 5.10 Å². The smallest absolute Gasteiger partial charge is 0.343 e. The van der Waals surface area contributed by atoms with Gasteiger partial charge in [-0.3, -0.25) is 0 Å². The summed E-state index contributed by atoms with van der Waals surface area (Å²) in [5, 5.41) is 4.38. The number of methoxy groups -OCH3 is 1. The third-order valence-electron chi connectivity index (χ3n) is 2.95. The molecule has 0 bridgehead atoms. The van der Waals surface area contributed by atoms with E-state index in [4.69, 9.17) is 4.74 Å². The molecule has 2 rings (SSSR count). The average Bonchev–Trinajstić information content (AvgIpc) is 2.65. The van der Waals surface area contributed by atoms with Crippen LogP contribution in [-0.4, -0.2) is 32.8 Å². The fraction of sp³-hybridized carbons (Fsp3) is 0.333. The number of esters is 1. The number of hydrogen-bond acceptors (Lipinski definition) is 5. The SMILES string of the molecule is COC(=O)c1cncnc1-n1nc(C)c(C)c1C. The second-order valence-corrected chi connectivity index (χ2v) is 3.96. The average molecular weight is 246 g/mol. The fourth-order valence-electron chi connectivity index (χ4n) is 1.67. The van der Waals surface area contributed by atoms with Crippen molar-refractivity contribution < 1.29 is 9.53 Å². The van der Waals surface area contributed by atoms with Gasteiger partial charge in [0.25, 0.3) is 0 Å². The predicted molar refractivity (Wildman–Crippen MR) is 64.7 cm³/mol. The van der Waals surface area contributed by atoms with Gasteiger partial charge in [0, 0.05) is 11.9 Å². The van der Waals surface area contributed by atoms with Gasteiger partial charge in [-0.05, 0) is 26.3 Å². The minimum absolute atomic E-state index is 0.297. The Morgan fingerprint density at radius 2 is 2.06 bits per heavy atom. The number of rotatable bonds is 2. The predicted octanol–water partition coefficient (Wildman–Crippen LogP) is 1.37. The molecule has 0 aliphatic carbocycles. The third kappa shape index (κ3) is 1.85. The first-order valence-corrected chi connectivity index (χ1v) is 5.47. The number of ether oxygens (including phenoxy) is 1. The van der Waals surface area contributed by atoms with Crippen molar-refractivity contribution in [3.63, 3.8) is 0 Å². The first-order chi connectivity index (χ1) is 8.56. The van der Waals surface area contributed by atoms with Gasteiger partial charge in [0.1, 0.15) is 11.9 Å². The van der Waals surface area contributed by atoms with E-state index in [2.05, 4.69) is 15.1 Å². The monoisotopic (exact) mass is 246 g/mol. The molecule has 0 fully saturated rings.